The van der Waals surface area contributed by atoms with Crippen LogP contribution in [0.5, 0.6) is 0 Å². The van der Waals surface area contributed by atoms with Gasteiger partial charge in [-0.15, -0.1) is 5.10 Å². The van der Waals surface area contributed by atoms with Crippen LogP contribution in [0.25, 0.3) is 0 Å². The molecule has 144 valence electrons. The van der Waals surface area contributed by atoms with Crippen molar-refractivity contribution in [3.63, 3.8) is 0 Å². The minimum atomic E-state index is -4.79. The number of nitrogens with zero attached hydrogens (tertiary/aromatic N) is 3. The lowest BCUT2D eigenvalue weighted by Crippen LogP contribution is -2.35. The third-order valence-electron chi connectivity index (χ3n) is 3.99. The van der Waals surface area contributed by atoms with Crippen molar-refractivity contribution in [2.45, 2.75) is 31.2 Å². The van der Waals surface area contributed by atoms with E-state index in [2.05, 4.69) is 15.4 Å². The van der Waals surface area contributed by atoms with Crippen molar-refractivity contribution >= 4 is 23.7 Å². The van der Waals surface area contributed by atoms with Crippen molar-refractivity contribution in [3.8, 4) is 0 Å². The van der Waals surface area contributed by atoms with Gasteiger partial charge in [-0.2, -0.15) is 18.2 Å². The third-order valence-corrected chi connectivity index (χ3v) is 4.53. The lowest BCUT2D eigenvalue weighted by atomic mass is 9.94. The second-order valence-electron chi connectivity index (χ2n) is 5.81. The maximum absolute atomic E-state index is 13.7. The zero-order chi connectivity index (χ0) is 19.8. The fourth-order valence-electron chi connectivity index (χ4n) is 2.80. The molecule has 27 heavy (non-hydrogen) atoms. The summed E-state index contributed by atoms with van der Waals surface area (Å²) in [6.07, 6.45) is -3.08. The quantitative estimate of drug-likeness (QED) is 0.626. The van der Waals surface area contributed by atoms with Gasteiger partial charge in [-0.1, -0.05) is 41.6 Å². The van der Waals surface area contributed by atoms with Gasteiger partial charge in [-0.3, -0.25) is 0 Å². The number of benzene rings is 1. The summed E-state index contributed by atoms with van der Waals surface area (Å²) in [6, 6.07) is 5.76. The number of nitrogens with one attached hydrogen (secondary N) is 1. The Morgan fingerprint density at radius 3 is 2.56 bits per heavy atom. The van der Waals surface area contributed by atoms with Gasteiger partial charge >= 0.3 is 12.1 Å². The average molecular weight is 398 g/mol. The first-order valence-electron chi connectivity index (χ1n) is 8.08. The molecule has 0 fully saturated rings. The number of anilines is 1. The van der Waals surface area contributed by atoms with Crippen molar-refractivity contribution in [3.05, 3.63) is 46.7 Å². The summed E-state index contributed by atoms with van der Waals surface area (Å²) >= 11 is 1.19. The molecule has 1 aliphatic heterocycles. The smallest absolute Gasteiger partial charge is 0.431 e. The first kappa shape index (κ1) is 19.3. The van der Waals surface area contributed by atoms with Gasteiger partial charge in [0.15, 0.2) is 0 Å². The molecule has 10 heteroatoms. The number of alkyl halides is 3. The second kappa shape index (κ2) is 7.26. The summed E-state index contributed by atoms with van der Waals surface area (Å²) in [5.41, 5.74) is -0.308. The highest BCUT2D eigenvalue weighted by molar-refractivity contribution is 7.98. The molecule has 2 aromatic rings. The van der Waals surface area contributed by atoms with Crippen LogP contribution in [0.4, 0.5) is 19.1 Å². The van der Waals surface area contributed by atoms with E-state index in [0.717, 1.165) is 5.56 Å². The molecule has 0 radical (unpaired) electrons. The predicted molar refractivity (Wildman–Crippen MR) is 94.5 cm³/mol. The number of allylic oxidation sites excluding steroid dienone is 1. The van der Waals surface area contributed by atoms with Gasteiger partial charge in [-0.05, 0) is 25.7 Å². The SMILES string of the molecule is CCOC(=O)C1=C(C(F)(F)F)Nc2nc(SC)nn2C1c1ccc(C)cc1. The normalized spacial score (nSPS) is 16.7. The number of aryl methyl sites for hydroxylation is 1. The van der Waals surface area contributed by atoms with E-state index in [4.69, 9.17) is 4.74 Å². The van der Waals surface area contributed by atoms with Gasteiger partial charge in [0, 0.05) is 0 Å². The molecule has 0 spiro atoms. The molecule has 0 bridgehead atoms. The number of aromatic nitrogens is 3. The second-order valence-corrected chi connectivity index (χ2v) is 6.59. The van der Waals surface area contributed by atoms with Crippen molar-refractivity contribution in [2.24, 2.45) is 0 Å². The molecule has 6 nitrogen and oxygen atoms in total. The van der Waals surface area contributed by atoms with Crippen LogP contribution in [0, 0.1) is 6.92 Å². The zero-order valence-corrected chi connectivity index (χ0v) is 15.6. The van der Waals surface area contributed by atoms with Gasteiger partial charge in [0.05, 0.1) is 12.2 Å². The third kappa shape index (κ3) is 3.66. The summed E-state index contributed by atoms with van der Waals surface area (Å²) in [4.78, 5) is 16.6. The number of thioether (sulfide) groups is 1. The van der Waals surface area contributed by atoms with E-state index >= 15 is 0 Å². The number of halogens is 3. The molecule has 0 saturated heterocycles. The molecular formula is C17H17F3N4O2S. The molecule has 1 unspecified atom stereocenters. The summed E-state index contributed by atoms with van der Waals surface area (Å²) in [5.74, 6) is -1.12. The molecule has 2 heterocycles. The van der Waals surface area contributed by atoms with Crippen molar-refractivity contribution in [2.75, 3.05) is 18.2 Å². The minimum Gasteiger partial charge on any atom is -0.463 e. The Bertz CT molecular complexity index is 891. The van der Waals surface area contributed by atoms with Crippen molar-refractivity contribution in [1.82, 2.24) is 14.8 Å². The molecule has 1 aliphatic rings. The monoisotopic (exact) mass is 398 g/mol. The van der Waals surface area contributed by atoms with Crippen molar-refractivity contribution < 1.29 is 22.7 Å². The first-order chi connectivity index (χ1) is 12.8. The van der Waals surface area contributed by atoms with Crippen LogP contribution in [0.3, 0.4) is 0 Å². The van der Waals surface area contributed by atoms with Crippen LogP contribution in [-0.2, 0) is 9.53 Å². The number of carbonyl (C=O) groups is 1. The maximum atomic E-state index is 13.7. The number of ether oxygens (including phenoxy) is 1. The largest absolute Gasteiger partial charge is 0.463 e. The van der Waals surface area contributed by atoms with E-state index in [9.17, 15) is 18.0 Å². The summed E-state index contributed by atoms with van der Waals surface area (Å²) in [5, 5.41) is 6.77. The topological polar surface area (TPSA) is 69.0 Å². The Morgan fingerprint density at radius 2 is 2.00 bits per heavy atom. The molecule has 1 atom stereocenters. The average Bonchev–Trinajstić information content (AvgIpc) is 3.03. The predicted octanol–water partition coefficient (Wildman–Crippen LogP) is 3.70. The minimum absolute atomic E-state index is 0.0473. The highest BCUT2D eigenvalue weighted by Crippen LogP contribution is 2.41. The van der Waals surface area contributed by atoms with E-state index in [0.29, 0.717) is 10.7 Å². The number of hydrogen-bond donors (Lipinski definition) is 1. The van der Waals surface area contributed by atoms with Gasteiger partial charge in [0.25, 0.3) is 0 Å². The molecule has 0 aliphatic carbocycles. The standard InChI is InChI=1S/C17H17F3N4O2S/c1-4-26-14(25)11-12(10-7-5-9(2)6-8-10)24-15(22-16(23-24)27-3)21-13(11)17(18,19)20/h5-8,12H,4H2,1-3H3,(H,21,22,23). The van der Waals surface area contributed by atoms with Gasteiger partial charge in [0.2, 0.25) is 11.1 Å². The van der Waals surface area contributed by atoms with E-state index in [1.807, 2.05) is 6.92 Å². The lowest BCUT2D eigenvalue weighted by Gasteiger charge is -2.30. The first-order valence-corrected chi connectivity index (χ1v) is 9.31. The number of hydrogen-bond acceptors (Lipinski definition) is 6. The van der Waals surface area contributed by atoms with Crippen molar-refractivity contribution in [1.29, 1.82) is 0 Å². The highest BCUT2D eigenvalue weighted by Gasteiger charge is 2.46. The van der Waals surface area contributed by atoms with Gasteiger partial charge in [-0.25, -0.2) is 9.48 Å². The molecule has 1 aromatic carbocycles. The number of esters is 1. The number of rotatable bonds is 4. The van der Waals surface area contributed by atoms with Crippen LogP contribution in [-0.4, -0.2) is 39.8 Å². The molecule has 1 aromatic heterocycles. The molecule has 0 saturated carbocycles. The van der Waals surface area contributed by atoms with E-state index in [1.54, 1.807) is 30.5 Å². The Morgan fingerprint density at radius 1 is 1.33 bits per heavy atom. The summed E-state index contributed by atoms with van der Waals surface area (Å²) in [6.45, 7) is 3.35. The fraction of sp³-hybridized carbons (Fsp3) is 0.353. The maximum Gasteiger partial charge on any atom is 0.431 e. The Balaban J connectivity index is 2.26. The Hall–Kier alpha value is -2.49. The summed E-state index contributed by atoms with van der Waals surface area (Å²) < 4.78 is 47.4. The van der Waals surface area contributed by atoms with E-state index in [-0.39, 0.29) is 12.6 Å². The van der Waals surface area contributed by atoms with Crippen LogP contribution in [0.2, 0.25) is 0 Å². The molecule has 3 rings (SSSR count). The van der Waals surface area contributed by atoms with Crippen LogP contribution < -0.4 is 5.32 Å². The van der Waals surface area contributed by atoms with Crippen LogP contribution in [0.15, 0.2) is 40.7 Å². The number of carbonyl (C=O) groups excluding carboxylic acids is 1. The lowest BCUT2D eigenvalue weighted by molar-refractivity contribution is -0.140. The van der Waals surface area contributed by atoms with E-state index in [1.165, 1.54) is 23.4 Å². The Labute approximate surface area is 157 Å². The highest BCUT2D eigenvalue weighted by atomic mass is 32.2. The van der Waals surface area contributed by atoms with Gasteiger partial charge < -0.3 is 10.1 Å². The van der Waals surface area contributed by atoms with Gasteiger partial charge in [0.1, 0.15) is 11.7 Å². The van der Waals surface area contributed by atoms with Crippen LogP contribution >= 0.6 is 11.8 Å². The van der Waals surface area contributed by atoms with Crippen LogP contribution in [0.1, 0.15) is 24.1 Å². The zero-order valence-electron chi connectivity index (χ0n) is 14.8. The van der Waals surface area contributed by atoms with E-state index < -0.39 is 29.5 Å². The number of fused-ring (bicyclic) bond motifs is 1. The molecule has 0 amide bonds. The Kier molecular flexibility index (Phi) is 5.18. The fourth-order valence-corrected chi connectivity index (χ4v) is 3.14. The molecule has 1 N–H and O–H groups in total. The summed E-state index contributed by atoms with van der Waals surface area (Å²) in [7, 11) is 0. The molecular weight excluding hydrogens is 381 g/mol.